The summed E-state index contributed by atoms with van der Waals surface area (Å²) in [5.74, 6) is 0.0641. The van der Waals surface area contributed by atoms with Gasteiger partial charge in [-0.3, -0.25) is 0 Å². The molecule has 0 heterocycles. The molecule has 0 saturated heterocycles. The molecule has 0 aromatic heterocycles. The molecule has 12 rings (SSSR count). The van der Waals surface area contributed by atoms with Crippen molar-refractivity contribution < 1.29 is 111 Å². The number of hydrogen-bond donors (Lipinski definition) is 0. The maximum absolute atomic E-state index is 10.4. The molecule has 720 valence electrons. The zero-order valence-corrected chi connectivity index (χ0v) is 93.1. The SMILES string of the molecule is CC(C)c1cccc(C(C)C)c1N=C([N-]c1c(C(C)C)cccc1C(C)C)N(Cc1ccccc1)Cc1ccccc1.CC(C)c1cccc(C(C)C)c1N=C([N-]c1c(C(C)C)cccc1C(C)C)N(Cc1ccccc1)Cc1ccccc1.CN(C)c1ccccc1CC(=O)[O-].CN(C)c1ccccc1CC(=O)[O-].CN(C)c1ccccc1CC(=O)[O-].CN(C)c1ccccc1CC(=O)[O-].[La+3].[La+3]. The average molecular weight is 2110 g/mol. The van der Waals surface area contributed by atoms with Crippen LogP contribution in [-0.2, 0) is 71.0 Å². The molecule has 0 aliphatic carbocycles. The summed E-state index contributed by atoms with van der Waals surface area (Å²) in [5, 5.41) is 52.8. The van der Waals surface area contributed by atoms with Crippen molar-refractivity contribution in [1.82, 2.24) is 9.80 Å². The fraction of sp³-hybridized carbons (Fsp3) is 0.339. The summed E-state index contributed by atoms with van der Waals surface area (Å²) in [6, 6.07) is 98.8. The maximum Gasteiger partial charge on any atom is 3.00 e. The first-order chi connectivity index (χ1) is 64.7. The second kappa shape index (κ2) is 59.8. The number of carboxylic acids is 4. The second-order valence-corrected chi connectivity index (χ2v) is 37.4. The Morgan fingerprint density at radius 3 is 0.572 bits per heavy atom. The average Bonchev–Trinajstić information content (AvgIpc) is 0.802. The summed E-state index contributed by atoms with van der Waals surface area (Å²) >= 11 is 0. The van der Waals surface area contributed by atoms with Crippen molar-refractivity contribution in [3.63, 3.8) is 0 Å². The molecular weight excluding hydrogens is 1960 g/mol. The molecule has 18 nitrogen and oxygen atoms in total. The topological polar surface area (TPSA) is 233 Å². The van der Waals surface area contributed by atoms with Crippen molar-refractivity contribution in [1.29, 1.82) is 0 Å². The van der Waals surface area contributed by atoms with Crippen molar-refractivity contribution >= 4 is 81.3 Å². The molecular formula is C118H144La2N10O8. The van der Waals surface area contributed by atoms with Gasteiger partial charge in [0.2, 0.25) is 0 Å². The largest absolute Gasteiger partial charge is 3.00 e. The molecule has 0 aliphatic rings. The predicted octanol–water partition coefficient (Wildman–Crippen LogP) is 23.3. The number of carbonyl (C=O) groups excluding carboxylic acids is 4. The van der Waals surface area contributed by atoms with Crippen LogP contribution in [0.2, 0.25) is 0 Å². The standard InChI is InChI=1S/2C39H48N3.4C10H13NO2.2La/c2*1-27(2)33-21-15-22-34(28(3)4)37(33)40-39(41-38-35(29(5)6)23-16-24-36(38)30(7)8)42(25-31-17-11-9-12-18-31)26-32-19-13-10-14-20-32;4*1-11(2)9-6-4-3-5-8(9)7-10(12)13;;/h2*9-24,27-30H,25-26H2,1-8H3;4*3-6H,7H2,1-2H3,(H,12,13);;/q2*-1;;;;;2*+3/p-4. The minimum absolute atomic E-state index is 0. The van der Waals surface area contributed by atoms with Gasteiger partial charge in [-0.05, 0) is 210 Å². The fourth-order valence-electron chi connectivity index (χ4n) is 15.9. The maximum atomic E-state index is 10.4. The summed E-state index contributed by atoms with van der Waals surface area (Å²) in [6.45, 7) is 38.9. The molecule has 0 amide bonds. The third kappa shape index (κ3) is 37.8. The van der Waals surface area contributed by atoms with Gasteiger partial charge >= 0.3 is 71.2 Å². The first-order valence-electron chi connectivity index (χ1n) is 47.3. The van der Waals surface area contributed by atoms with Crippen LogP contribution in [0.4, 0.5) is 45.5 Å². The van der Waals surface area contributed by atoms with Crippen LogP contribution in [0.1, 0.15) is 247 Å². The second-order valence-electron chi connectivity index (χ2n) is 37.4. The minimum atomic E-state index is -1.05. The van der Waals surface area contributed by atoms with Gasteiger partial charge in [-0.15, -0.1) is 0 Å². The molecule has 0 bridgehead atoms. The number of anilines is 4. The number of aliphatic imine (C=N–C) groups is 2. The van der Waals surface area contributed by atoms with Gasteiger partial charge < -0.3 is 89.6 Å². The Hall–Kier alpha value is -11.4. The van der Waals surface area contributed by atoms with Crippen molar-refractivity contribution in [3.8, 4) is 0 Å². The molecule has 0 unspecified atom stereocenters. The van der Waals surface area contributed by atoms with Crippen molar-refractivity contribution in [2.45, 2.75) is 210 Å². The Labute approximate surface area is 880 Å². The van der Waals surface area contributed by atoms with E-state index in [1.807, 2.05) is 149 Å². The normalized spacial score (nSPS) is 11.0. The van der Waals surface area contributed by atoms with Crippen LogP contribution in [0.5, 0.6) is 0 Å². The van der Waals surface area contributed by atoms with Crippen molar-refractivity contribution in [3.05, 3.63) is 391 Å². The summed E-state index contributed by atoms with van der Waals surface area (Å²) in [4.78, 5) is 65.0. The molecule has 20 heteroatoms. The number of nitrogens with zero attached hydrogens (tertiary/aromatic N) is 10. The van der Waals surface area contributed by atoms with Crippen LogP contribution in [0.3, 0.4) is 0 Å². The number of aliphatic carboxylic acids is 4. The number of benzene rings is 12. The quantitative estimate of drug-likeness (QED) is 0.0282. The number of carbonyl (C=O) groups is 4. The van der Waals surface area contributed by atoms with E-state index in [1.165, 1.54) is 66.8 Å². The van der Waals surface area contributed by atoms with Gasteiger partial charge in [0.15, 0.2) is 0 Å². The van der Waals surface area contributed by atoms with Crippen LogP contribution in [0.25, 0.3) is 10.6 Å². The predicted molar refractivity (Wildman–Crippen MR) is 561 cm³/mol. The Bertz CT molecular complexity index is 5110. The number of hydrogen-bond acceptors (Lipinski definition) is 14. The van der Waals surface area contributed by atoms with Gasteiger partial charge in [0, 0.05) is 141 Å². The van der Waals surface area contributed by atoms with E-state index in [0.717, 1.165) is 79.7 Å². The van der Waals surface area contributed by atoms with Crippen molar-refractivity contribution in [2.24, 2.45) is 9.98 Å². The van der Waals surface area contributed by atoms with Crippen LogP contribution in [-0.4, -0.2) is 102 Å². The summed E-state index contributed by atoms with van der Waals surface area (Å²) in [6.07, 6.45) is -0.134. The van der Waals surface area contributed by atoms with Crippen molar-refractivity contribution in [2.75, 3.05) is 76.0 Å². The van der Waals surface area contributed by atoms with Crippen LogP contribution >= 0.6 is 0 Å². The smallest absolute Gasteiger partial charge is 0.550 e. The van der Waals surface area contributed by atoms with Gasteiger partial charge in [0.1, 0.15) is 0 Å². The Morgan fingerprint density at radius 2 is 0.406 bits per heavy atom. The minimum Gasteiger partial charge on any atom is -0.550 e. The van der Waals surface area contributed by atoms with E-state index in [4.69, 9.17) is 20.6 Å². The van der Waals surface area contributed by atoms with E-state index in [0.29, 0.717) is 73.5 Å². The Kier molecular flexibility index (Phi) is 50.8. The fourth-order valence-corrected chi connectivity index (χ4v) is 15.9. The summed E-state index contributed by atoms with van der Waals surface area (Å²) in [7, 11) is 15.1. The van der Waals surface area contributed by atoms with Gasteiger partial charge in [0.05, 0.1) is 0 Å². The molecule has 0 atom stereocenters. The van der Waals surface area contributed by atoms with Crippen LogP contribution in [0.15, 0.2) is 301 Å². The molecule has 138 heavy (non-hydrogen) atoms. The van der Waals surface area contributed by atoms with Gasteiger partial charge in [-0.1, -0.05) is 378 Å². The number of guanidine groups is 2. The zero-order valence-electron chi connectivity index (χ0n) is 85.9. The summed E-state index contributed by atoms with van der Waals surface area (Å²) in [5.41, 5.74) is 26.1. The van der Waals surface area contributed by atoms with E-state index in [9.17, 15) is 39.6 Å². The number of carboxylic acid groups (broad SMARTS) is 4. The molecule has 12 aromatic carbocycles. The molecule has 12 aromatic rings. The van der Waals surface area contributed by atoms with E-state index in [2.05, 4.69) is 315 Å². The van der Waals surface area contributed by atoms with Gasteiger partial charge in [-0.2, -0.15) is 0 Å². The molecule has 0 radical (unpaired) electrons. The zero-order chi connectivity index (χ0) is 99.8. The third-order valence-corrected chi connectivity index (χ3v) is 22.9. The number of rotatable bonds is 32. The molecule has 0 aliphatic heterocycles. The Balaban J connectivity index is 0.000000320. The molecule has 0 saturated carbocycles. The number of para-hydroxylation sites is 8. The van der Waals surface area contributed by atoms with Gasteiger partial charge in [0.25, 0.3) is 0 Å². The summed E-state index contributed by atoms with van der Waals surface area (Å²) < 4.78 is 0. The first kappa shape index (κ1) is 117. The molecule has 0 spiro atoms. The van der Waals surface area contributed by atoms with Crippen LogP contribution in [0, 0.1) is 71.2 Å². The van der Waals surface area contributed by atoms with E-state index >= 15 is 0 Å². The van der Waals surface area contributed by atoms with Crippen LogP contribution < -0.4 is 40.0 Å². The van der Waals surface area contributed by atoms with E-state index < -0.39 is 23.9 Å². The van der Waals surface area contributed by atoms with E-state index in [-0.39, 0.29) is 96.9 Å². The molecule has 0 N–H and O–H groups in total. The molecule has 0 fully saturated rings. The van der Waals surface area contributed by atoms with E-state index in [1.54, 1.807) is 24.3 Å². The van der Waals surface area contributed by atoms with Gasteiger partial charge in [-0.25, -0.2) is 0 Å². The first-order valence-corrected chi connectivity index (χ1v) is 47.3. The third-order valence-electron chi connectivity index (χ3n) is 22.9. The Morgan fingerprint density at radius 1 is 0.239 bits per heavy atom. The monoisotopic (exact) mass is 2110 g/mol.